The van der Waals surface area contributed by atoms with Gasteiger partial charge in [0.1, 0.15) is 5.82 Å². The van der Waals surface area contributed by atoms with Crippen molar-refractivity contribution in [1.29, 1.82) is 0 Å². The molecule has 0 spiro atoms. The lowest BCUT2D eigenvalue weighted by Crippen LogP contribution is -2.32. The van der Waals surface area contributed by atoms with Crippen LogP contribution in [0.4, 0.5) is 11.4 Å². The summed E-state index contributed by atoms with van der Waals surface area (Å²) in [7, 11) is 0. The van der Waals surface area contributed by atoms with Crippen LogP contribution in [-0.2, 0) is 0 Å². The van der Waals surface area contributed by atoms with Crippen LogP contribution >= 0.6 is 0 Å². The average molecular weight is 340 g/mol. The van der Waals surface area contributed by atoms with Crippen LogP contribution < -0.4 is 10.4 Å². The first-order chi connectivity index (χ1) is 12.8. The van der Waals surface area contributed by atoms with Crippen molar-refractivity contribution >= 4 is 28.5 Å². The average Bonchev–Trinajstić information content (AvgIpc) is 3.09. The SMILES string of the molecule is C/C(=C/c1nc2ccccc2[nH]1)NN(c1ccccc1)c1ccccc1. The number of rotatable bonds is 5. The molecular weight excluding hydrogens is 320 g/mol. The number of hydrazine groups is 1. The summed E-state index contributed by atoms with van der Waals surface area (Å²) in [5, 5.41) is 2.06. The fourth-order valence-electron chi connectivity index (χ4n) is 2.89. The standard InChI is InChI=1S/C22H20N4/c1-17(16-22-23-20-14-8-9-15-21(20)24-22)25-26(18-10-4-2-5-11-18)19-12-6-3-7-13-19/h2-16,25H,1H3,(H,23,24)/b17-16-. The smallest absolute Gasteiger partial charge is 0.132 e. The molecule has 0 saturated carbocycles. The Labute approximate surface area is 152 Å². The Kier molecular flexibility index (Phi) is 4.39. The lowest BCUT2D eigenvalue weighted by atomic mass is 10.2. The molecule has 0 atom stereocenters. The van der Waals surface area contributed by atoms with E-state index in [-0.39, 0.29) is 0 Å². The van der Waals surface area contributed by atoms with Crippen LogP contribution in [0.15, 0.2) is 90.6 Å². The molecule has 1 aromatic heterocycles. The van der Waals surface area contributed by atoms with Crippen LogP contribution in [0, 0.1) is 0 Å². The van der Waals surface area contributed by atoms with Gasteiger partial charge in [0.25, 0.3) is 0 Å². The summed E-state index contributed by atoms with van der Waals surface area (Å²) in [5.74, 6) is 0.831. The zero-order valence-electron chi connectivity index (χ0n) is 14.6. The van der Waals surface area contributed by atoms with Crippen molar-refractivity contribution in [3.8, 4) is 0 Å². The number of hydrogen-bond acceptors (Lipinski definition) is 3. The van der Waals surface area contributed by atoms with E-state index in [0.717, 1.165) is 33.9 Å². The summed E-state index contributed by atoms with van der Waals surface area (Å²) < 4.78 is 0. The summed E-state index contributed by atoms with van der Waals surface area (Å²) >= 11 is 0. The van der Waals surface area contributed by atoms with Gasteiger partial charge in [0, 0.05) is 11.8 Å². The zero-order chi connectivity index (χ0) is 17.8. The van der Waals surface area contributed by atoms with Gasteiger partial charge in [-0.25, -0.2) is 4.98 Å². The number of allylic oxidation sites excluding steroid dienone is 1. The molecule has 0 aliphatic rings. The molecule has 0 bridgehead atoms. The second-order valence-electron chi connectivity index (χ2n) is 6.08. The third-order valence-electron chi connectivity index (χ3n) is 4.08. The van der Waals surface area contributed by atoms with Gasteiger partial charge in [-0.05, 0) is 43.3 Å². The van der Waals surface area contributed by atoms with Gasteiger partial charge in [0.2, 0.25) is 0 Å². The highest BCUT2D eigenvalue weighted by atomic mass is 15.5. The van der Waals surface area contributed by atoms with E-state index in [0.29, 0.717) is 0 Å². The van der Waals surface area contributed by atoms with E-state index in [2.05, 4.69) is 44.7 Å². The molecule has 0 amide bonds. The molecule has 4 heteroatoms. The van der Waals surface area contributed by atoms with Gasteiger partial charge in [-0.3, -0.25) is 10.4 Å². The number of para-hydroxylation sites is 4. The normalized spacial score (nSPS) is 11.5. The van der Waals surface area contributed by atoms with Crippen LogP contribution in [0.1, 0.15) is 12.7 Å². The maximum absolute atomic E-state index is 4.62. The Morgan fingerprint density at radius 3 is 2.04 bits per heavy atom. The maximum Gasteiger partial charge on any atom is 0.132 e. The largest absolute Gasteiger partial charge is 0.338 e. The predicted molar refractivity (Wildman–Crippen MR) is 108 cm³/mol. The number of H-pyrrole nitrogens is 1. The Bertz CT molecular complexity index is 947. The third-order valence-corrected chi connectivity index (χ3v) is 4.08. The molecule has 0 aliphatic heterocycles. The van der Waals surface area contributed by atoms with E-state index in [9.17, 15) is 0 Å². The first-order valence-corrected chi connectivity index (χ1v) is 8.59. The number of nitrogens with one attached hydrogen (secondary N) is 2. The molecular formula is C22H20N4. The molecule has 3 aromatic carbocycles. The zero-order valence-corrected chi connectivity index (χ0v) is 14.6. The lowest BCUT2D eigenvalue weighted by Gasteiger charge is -2.27. The minimum absolute atomic E-state index is 0.831. The number of fused-ring (bicyclic) bond motifs is 1. The van der Waals surface area contributed by atoms with Gasteiger partial charge < -0.3 is 4.98 Å². The third kappa shape index (κ3) is 3.44. The quantitative estimate of drug-likeness (QED) is 0.487. The number of anilines is 2. The second kappa shape index (κ2) is 7.15. The second-order valence-corrected chi connectivity index (χ2v) is 6.08. The molecule has 4 nitrogen and oxygen atoms in total. The lowest BCUT2D eigenvalue weighted by molar-refractivity contribution is 0.833. The number of nitrogens with zero attached hydrogens (tertiary/aromatic N) is 2. The molecule has 128 valence electrons. The van der Waals surface area contributed by atoms with E-state index < -0.39 is 0 Å². The Balaban J connectivity index is 1.64. The van der Waals surface area contributed by atoms with Crippen LogP contribution in [0.3, 0.4) is 0 Å². The molecule has 0 saturated heterocycles. The minimum atomic E-state index is 0.831. The number of hydrogen-bond donors (Lipinski definition) is 2. The number of aromatic amines is 1. The fraction of sp³-hybridized carbons (Fsp3) is 0.0455. The van der Waals surface area contributed by atoms with E-state index in [1.165, 1.54) is 0 Å². The van der Waals surface area contributed by atoms with Gasteiger partial charge in [-0.2, -0.15) is 0 Å². The molecule has 26 heavy (non-hydrogen) atoms. The molecule has 4 aromatic rings. The van der Waals surface area contributed by atoms with Crippen molar-refractivity contribution in [1.82, 2.24) is 15.4 Å². The van der Waals surface area contributed by atoms with Gasteiger partial charge >= 0.3 is 0 Å². The van der Waals surface area contributed by atoms with Crippen LogP contribution in [0.25, 0.3) is 17.1 Å². The minimum Gasteiger partial charge on any atom is -0.338 e. The van der Waals surface area contributed by atoms with Crippen molar-refractivity contribution in [2.75, 3.05) is 5.01 Å². The maximum atomic E-state index is 4.62. The van der Waals surface area contributed by atoms with Crippen molar-refractivity contribution in [2.24, 2.45) is 0 Å². The summed E-state index contributed by atoms with van der Waals surface area (Å²) in [4.78, 5) is 7.95. The van der Waals surface area contributed by atoms with E-state index in [1.54, 1.807) is 0 Å². The summed E-state index contributed by atoms with van der Waals surface area (Å²) in [6, 6.07) is 28.5. The molecule has 2 N–H and O–H groups in total. The molecule has 0 fully saturated rings. The molecule has 0 aliphatic carbocycles. The predicted octanol–water partition coefficient (Wildman–Crippen LogP) is 5.27. The monoisotopic (exact) mass is 340 g/mol. The van der Waals surface area contributed by atoms with Gasteiger partial charge in [-0.15, -0.1) is 0 Å². The Hall–Kier alpha value is -3.53. The molecule has 0 unspecified atom stereocenters. The van der Waals surface area contributed by atoms with Crippen LogP contribution in [0.5, 0.6) is 0 Å². The van der Waals surface area contributed by atoms with Gasteiger partial charge in [0.05, 0.1) is 22.4 Å². The highest BCUT2D eigenvalue weighted by molar-refractivity contribution is 5.76. The summed E-state index contributed by atoms with van der Waals surface area (Å²) in [5.41, 5.74) is 8.60. The number of aromatic nitrogens is 2. The van der Waals surface area contributed by atoms with Crippen LogP contribution in [0.2, 0.25) is 0 Å². The van der Waals surface area contributed by atoms with E-state index >= 15 is 0 Å². The molecule has 1 heterocycles. The summed E-state index contributed by atoms with van der Waals surface area (Å²) in [6.45, 7) is 2.03. The van der Waals surface area contributed by atoms with Crippen molar-refractivity contribution < 1.29 is 0 Å². The van der Waals surface area contributed by atoms with Gasteiger partial charge in [-0.1, -0.05) is 48.5 Å². The highest BCUT2D eigenvalue weighted by Crippen LogP contribution is 2.23. The van der Waals surface area contributed by atoms with E-state index in [4.69, 9.17) is 0 Å². The molecule has 4 rings (SSSR count). The number of benzene rings is 3. The summed E-state index contributed by atoms with van der Waals surface area (Å²) in [6.07, 6.45) is 2.01. The Morgan fingerprint density at radius 1 is 0.846 bits per heavy atom. The molecule has 0 radical (unpaired) electrons. The first-order valence-electron chi connectivity index (χ1n) is 8.59. The van der Waals surface area contributed by atoms with Crippen LogP contribution in [-0.4, -0.2) is 9.97 Å². The highest BCUT2D eigenvalue weighted by Gasteiger charge is 2.09. The first kappa shape index (κ1) is 16.0. The fourth-order valence-corrected chi connectivity index (χ4v) is 2.89. The van der Waals surface area contributed by atoms with Crippen molar-refractivity contribution in [2.45, 2.75) is 6.92 Å². The van der Waals surface area contributed by atoms with Crippen molar-refractivity contribution in [3.63, 3.8) is 0 Å². The Morgan fingerprint density at radius 2 is 1.42 bits per heavy atom. The van der Waals surface area contributed by atoms with E-state index in [1.807, 2.05) is 73.7 Å². The topological polar surface area (TPSA) is 44.0 Å². The number of imidazole rings is 1. The van der Waals surface area contributed by atoms with Crippen molar-refractivity contribution in [3.05, 3.63) is 96.5 Å². The van der Waals surface area contributed by atoms with Gasteiger partial charge in [0.15, 0.2) is 0 Å².